The zero-order chi connectivity index (χ0) is 12.7. The van der Waals surface area contributed by atoms with Crippen molar-refractivity contribution in [2.24, 2.45) is 0 Å². The van der Waals surface area contributed by atoms with Crippen LogP contribution in [0.15, 0.2) is 0 Å². The van der Waals surface area contributed by atoms with E-state index >= 15 is 0 Å². The smallest absolute Gasteiger partial charge is 0.334 e. The van der Waals surface area contributed by atoms with E-state index in [1.807, 2.05) is 0 Å². The molecule has 0 spiro atoms. The van der Waals surface area contributed by atoms with Crippen LogP contribution >= 0.6 is 0 Å². The average molecular weight is 246 g/mol. The molecule has 1 heterocycles. The molecule has 2 amide bonds. The molecule has 0 saturated carbocycles. The Labute approximate surface area is 99.1 Å². The number of amides is 2. The van der Waals surface area contributed by atoms with Gasteiger partial charge >= 0.3 is 12.0 Å². The number of ether oxygens (including phenoxy) is 1. The molecule has 17 heavy (non-hydrogen) atoms. The molecule has 0 aromatic heterocycles. The van der Waals surface area contributed by atoms with Gasteiger partial charge in [0.2, 0.25) is 0 Å². The van der Waals surface area contributed by atoms with E-state index in [2.05, 4.69) is 10.6 Å². The fraction of sp³-hybridized carbons (Fsp3) is 0.800. The van der Waals surface area contributed by atoms with Crippen molar-refractivity contribution in [2.75, 3.05) is 19.7 Å². The molecular formula is C10H18N2O5. The van der Waals surface area contributed by atoms with Gasteiger partial charge in [-0.15, -0.1) is 0 Å². The Bertz CT molecular complexity index is 265. The minimum absolute atomic E-state index is 0.0268. The third kappa shape index (κ3) is 5.50. The molecule has 7 nitrogen and oxygen atoms in total. The Hall–Kier alpha value is -1.34. The molecule has 0 aromatic rings. The summed E-state index contributed by atoms with van der Waals surface area (Å²) in [7, 11) is 0. The minimum Gasteiger partial charge on any atom is -0.479 e. The summed E-state index contributed by atoms with van der Waals surface area (Å²) in [6.45, 7) is 0.799. The van der Waals surface area contributed by atoms with Crippen LogP contribution < -0.4 is 10.6 Å². The lowest BCUT2D eigenvalue weighted by atomic mass is 10.1. The van der Waals surface area contributed by atoms with Gasteiger partial charge in [-0.3, -0.25) is 0 Å². The highest BCUT2D eigenvalue weighted by molar-refractivity contribution is 5.76. The van der Waals surface area contributed by atoms with Crippen molar-refractivity contribution in [3.63, 3.8) is 0 Å². The molecule has 1 aliphatic heterocycles. The maximum absolute atomic E-state index is 11.2. The summed E-state index contributed by atoms with van der Waals surface area (Å²) in [6.07, 6.45) is 1.50. The second-order valence-corrected chi connectivity index (χ2v) is 3.93. The summed E-state index contributed by atoms with van der Waals surface area (Å²) in [4.78, 5) is 21.5. The molecule has 2 atom stereocenters. The Morgan fingerprint density at radius 2 is 2.12 bits per heavy atom. The van der Waals surface area contributed by atoms with Crippen LogP contribution in [0.5, 0.6) is 0 Å². The van der Waals surface area contributed by atoms with Crippen molar-refractivity contribution >= 4 is 12.0 Å². The third-order valence-corrected chi connectivity index (χ3v) is 2.51. The van der Waals surface area contributed by atoms with Crippen molar-refractivity contribution in [2.45, 2.75) is 31.5 Å². The van der Waals surface area contributed by atoms with Crippen LogP contribution in [0.3, 0.4) is 0 Å². The predicted molar refractivity (Wildman–Crippen MR) is 58.6 cm³/mol. The van der Waals surface area contributed by atoms with Crippen molar-refractivity contribution in [3.05, 3.63) is 0 Å². The number of aliphatic carboxylic acids is 1. The van der Waals surface area contributed by atoms with E-state index in [0.717, 1.165) is 19.3 Å². The van der Waals surface area contributed by atoms with E-state index in [1.54, 1.807) is 0 Å². The first-order valence-corrected chi connectivity index (χ1v) is 5.63. The highest BCUT2D eigenvalue weighted by atomic mass is 16.5. The third-order valence-electron chi connectivity index (χ3n) is 2.51. The van der Waals surface area contributed by atoms with E-state index in [-0.39, 0.29) is 12.6 Å². The molecule has 4 N–H and O–H groups in total. The second-order valence-electron chi connectivity index (χ2n) is 3.93. The number of carboxylic acids is 1. The fourth-order valence-corrected chi connectivity index (χ4v) is 1.51. The molecule has 1 rings (SSSR count). The monoisotopic (exact) mass is 246 g/mol. The summed E-state index contributed by atoms with van der Waals surface area (Å²) in [5, 5.41) is 22.1. The number of carbonyl (C=O) groups is 2. The lowest BCUT2D eigenvalue weighted by Crippen LogP contribution is -2.45. The van der Waals surface area contributed by atoms with Gasteiger partial charge in [-0.2, -0.15) is 0 Å². The summed E-state index contributed by atoms with van der Waals surface area (Å²) in [5.74, 6) is -1.36. The Morgan fingerprint density at radius 3 is 2.71 bits per heavy atom. The zero-order valence-corrected chi connectivity index (χ0v) is 9.52. The fourth-order valence-electron chi connectivity index (χ4n) is 1.51. The normalized spacial score (nSPS) is 21.6. The molecule has 0 bridgehead atoms. The standard InChI is InChI=1S/C10H18N2O5/c13-8(9(14)15)6-12-10(16)11-5-7-3-1-2-4-17-7/h7-8,13H,1-6H2,(H,14,15)(H2,11,12,16). The predicted octanol–water partition coefficient (Wildman–Crippen LogP) is -0.700. The van der Waals surface area contributed by atoms with Crippen LogP contribution in [-0.4, -0.2) is 54.1 Å². The quantitative estimate of drug-likeness (QED) is 0.513. The van der Waals surface area contributed by atoms with Crippen molar-refractivity contribution in [1.29, 1.82) is 0 Å². The zero-order valence-electron chi connectivity index (χ0n) is 9.52. The van der Waals surface area contributed by atoms with Gasteiger partial charge in [0, 0.05) is 13.2 Å². The van der Waals surface area contributed by atoms with Gasteiger partial charge < -0.3 is 25.6 Å². The highest BCUT2D eigenvalue weighted by Crippen LogP contribution is 2.11. The van der Waals surface area contributed by atoms with Crippen molar-refractivity contribution in [1.82, 2.24) is 10.6 Å². The van der Waals surface area contributed by atoms with E-state index in [0.29, 0.717) is 13.2 Å². The lowest BCUT2D eigenvalue weighted by molar-refractivity contribution is -0.146. The number of aliphatic hydroxyl groups excluding tert-OH is 1. The maximum atomic E-state index is 11.2. The van der Waals surface area contributed by atoms with E-state index in [1.165, 1.54) is 0 Å². The maximum Gasteiger partial charge on any atom is 0.334 e. The minimum atomic E-state index is -1.58. The molecule has 1 saturated heterocycles. The SMILES string of the molecule is O=C(NCC1CCCCO1)NCC(O)C(=O)O. The van der Waals surface area contributed by atoms with Crippen LogP contribution in [0.1, 0.15) is 19.3 Å². The second kappa shape index (κ2) is 7.08. The Balaban J connectivity index is 2.10. The first-order valence-electron chi connectivity index (χ1n) is 5.63. The van der Waals surface area contributed by atoms with Crippen molar-refractivity contribution in [3.8, 4) is 0 Å². The largest absolute Gasteiger partial charge is 0.479 e. The molecule has 0 aliphatic carbocycles. The van der Waals surface area contributed by atoms with E-state index in [4.69, 9.17) is 14.9 Å². The molecule has 1 fully saturated rings. The van der Waals surface area contributed by atoms with Gasteiger partial charge in [0.1, 0.15) is 0 Å². The summed E-state index contributed by atoms with van der Waals surface area (Å²) >= 11 is 0. The number of hydrogen-bond acceptors (Lipinski definition) is 4. The van der Waals surface area contributed by atoms with Gasteiger partial charge in [-0.25, -0.2) is 9.59 Å². The number of nitrogens with one attached hydrogen (secondary N) is 2. The van der Waals surface area contributed by atoms with Crippen LogP contribution in [-0.2, 0) is 9.53 Å². The van der Waals surface area contributed by atoms with Gasteiger partial charge in [0.25, 0.3) is 0 Å². The molecule has 1 aliphatic rings. The summed E-state index contributed by atoms with van der Waals surface area (Å²) < 4.78 is 5.41. The number of aliphatic hydroxyl groups is 1. The average Bonchev–Trinajstić information content (AvgIpc) is 2.34. The molecule has 0 radical (unpaired) electrons. The molecule has 98 valence electrons. The van der Waals surface area contributed by atoms with Gasteiger partial charge in [0.15, 0.2) is 6.10 Å². The van der Waals surface area contributed by atoms with E-state index in [9.17, 15) is 9.59 Å². The van der Waals surface area contributed by atoms with Crippen LogP contribution in [0.2, 0.25) is 0 Å². The number of urea groups is 1. The topological polar surface area (TPSA) is 108 Å². The summed E-state index contributed by atoms with van der Waals surface area (Å²) in [6, 6.07) is -0.500. The van der Waals surface area contributed by atoms with Crippen LogP contribution in [0.25, 0.3) is 0 Å². The lowest BCUT2D eigenvalue weighted by Gasteiger charge is -2.22. The number of carboxylic acid groups (broad SMARTS) is 1. The number of hydrogen-bond donors (Lipinski definition) is 4. The number of rotatable bonds is 5. The molecular weight excluding hydrogens is 228 g/mol. The highest BCUT2D eigenvalue weighted by Gasteiger charge is 2.16. The summed E-state index contributed by atoms with van der Waals surface area (Å²) in [5.41, 5.74) is 0. The van der Waals surface area contributed by atoms with Crippen LogP contribution in [0, 0.1) is 0 Å². The molecule has 2 unspecified atom stereocenters. The van der Waals surface area contributed by atoms with Crippen LogP contribution in [0.4, 0.5) is 4.79 Å². The van der Waals surface area contributed by atoms with Gasteiger partial charge in [-0.1, -0.05) is 0 Å². The molecule has 7 heteroatoms. The Morgan fingerprint density at radius 1 is 1.35 bits per heavy atom. The van der Waals surface area contributed by atoms with Crippen molar-refractivity contribution < 1.29 is 24.5 Å². The van der Waals surface area contributed by atoms with Gasteiger partial charge in [-0.05, 0) is 19.3 Å². The van der Waals surface area contributed by atoms with E-state index < -0.39 is 18.1 Å². The first-order chi connectivity index (χ1) is 8.09. The number of carbonyl (C=O) groups excluding carboxylic acids is 1. The van der Waals surface area contributed by atoms with Gasteiger partial charge in [0.05, 0.1) is 12.6 Å². The molecule has 0 aromatic carbocycles. The first kappa shape index (κ1) is 13.7. The Kier molecular flexibility index (Phi) is 5.71.